The molecule has 2 heterocycles. The molecule has 3 rings (SSSR count). The number of ether oxygens (including phenoxy) is 1. The molecule has 0 amide bonds. The Morgan fingerprint density at radius 2 is 2.47 bits per heavy atom. The smallest absolute Gasteiger partial charge is 0.374 e. The summed E-state index contributed by atoms with van der Waals surface area (Å²) >= 11 is 1.46. The third-order valence-electron chi connectivity index (χ3n) is 2.92. The molecule has 19 heavy (non-hydrogen) atoms. The lowest BCUT2D eigenvalue weighted by atomic mass is 10.3. The van der Waals surface area contributed by atoms with Gasteiger partial charge in [-0.05, 0) is 18.9 Å². The van der Waals surface area contributed by atoms with Crippen molar-refractivity contribution in [1.82, 2.24) is 15.2 Å². The van der Waals surface area contributed by atoms with Crippen LogP contribution in [0.25, 0.3) is 0 Å². The summed E-state index contributed by atoms with van der Waals surface area (Å²) in [5.41, 5.74) is 0.787. The van der Waals surface area contributed by atoms with Gasteiger partial charge >= 0.3 is 5.97 Å². The SMILES string of the molecule is COC(=O)c1occc1CSc1n[nH]c(C2CC2)n1. The minimum Gasteiger partial charge on any atom is -0.463 e. The van der Waals surface area contributed by atoms with Crippen molar-refractivity contribution in [2.45, 2.75) is 29.7 Å². The van der Waals surface area contributed by atoms with E-state index in [0.717, 1.165) is 11.4 Å². The summed E-state index contributed by atoms with van der Waals surface area (Å²) in [7, 11) is 1.33. The van der Waals surface area contributed by atoms with Crippen molar-refractivity contribution in [3.05, 3.63) is 29.5 Å². The highest BCUT2D eigenvalue weighted by Crippen LogP contribution is 2.38. The quantitative estimate of drug-likeness (QED) is 0.668. The minimum atomic E-state index is -0.464. The van der Waals surface area contributed by atoms with E-state index >= 15 is 0 Å². The Kier molecular flexibility index (Phi) is 3.29. The Bertz CT molecular complexity index is 589. The highest BCUT2D eigenvalue weighted by Gasteiger charge is 2.27. The highest BCUT2D eigenvalue weighted by atomic mass is 32.2. The first-order chi connectivity index (χ1) is 9.28. The summed E-state index contributed by atoms with van der Waals surface area (Å²) < 4.78 is 9.77. The molecule has 0 unspecified atom stereocenters. The van der Waals surface area contributed by atoms with Crippen molar-refractivity contribution in [1.29, 1.82) is 0 Å². The number of furan rings is 1. The number of H-pyrrole nitrogens is 1. The number of carbonyl (C=O) groups excluding carboxylic acids is 1. The number of thioether (sulfide) groups is 1. The average molecular weight is 279 g/mol. The van der Waals surface area contributed by atoms with Gasteiger partial charge in [0.15, 0.2) is 0 Å². The van der Waals surface area contributed by atoms with E-state index < -0.39 is 5.97 Å². The minimum absolute atomic E-state index is 0.243. The van der Waals surface area contributed by atoms with Crippen molar-refractivity contribution in [3.63, 3.8) is 0 Å². The maximum absolute atomic E-state index is 11.4. The van der Waals surface area contributed by atoms with Gasteiger partial charge in [-0.1, -0.05) is 11.8 Å². The van der Waals surface area contributed by atoms with Gasteiger partial charge in [0.1, 0.15) is 5.82 Å². The molecule has 1 aliphatic carbocycles. The van der Waals surface area contributed by atoms with E-state index in [-0.39, 0.29) is 5.76 Å². The van der Waals surface area contributed by atoms with Crippen LogP contribution in [0.2, 0.25) is 0 Å². The van der Waals surface area contributed by atoms with E-state index in [1.165, 1.54) is 38.0 Å². The van der Waals surface area contributed by atoms with Crippen LogP contribution in [0, 0.1) is 0 Å². The van der Waals surface area contributed by atoms with Crippen LogP contribution in [0.15, 0.2) is 21.9 Å². The Balaban J connectivity index is 1.65. The van der Waals surface area contributed by atoms with Gasteiger partial charge in [-0.3, -0.25) is 5.10 Å². The number of aromatic nitrogens is 3. The number of nitrogens with one attached hydrogen (secondary N) is 1. The first-order valence-corrected chi connectivity index (χ1v) is 6.96. The van der Waals surface area contributed by atoms with Crippen molar-refractivity contribution in [2.24, 2.45) is 0 Å². The standard InChI is InChI=1S/C12H13N3O3S/c1-17-11(16)9-8(4-5-18-9)6-19-12-13-10(14-15-12)7-2-3-7/h4-5,7H,2-3,6H2,1H3,(H,13,14,15). The Labute approximate surface area is 113 Å². The zero-order chi connectivity index (χ0) is 13.2. The number of carbonyl (C=O) groups is 1. The summed E-state index contributed by atoms with van der Waals surface area (Å²) in [5, 5.41) is 7.79. The molecule has 0 atom stereocenters. The molecule has 1 N–H and O–H groups in total. The number of nitrogens with zero attached hydrogens (tertiary/aromatic N) is 2. The van der Waals surface area contributed by atoms with Crippen molar-refractivity contribution in [2.75, 3.05) is 7.11 Å². The van der Waals surface area contributed by atoms with Gasteiger partial charge in [-0.25, -0.2) is 9.78 Å². The fourth-order valence-corrected chi connectivity index (χ4v) is 2.51. The van der Waals surface area contributed by atoms with Gasteiger partial charge in [0, 0.05) is 17.2 Å². The lowest BCUT2D eigenvalue weighted by molar-refractivity contribution is 0.0564. The summed E-state index contributed by atoms with van der Waals surface area (Å²) in [6.07, 6.45) is 3.86. The molecule has 0 bridgehead atoms. The third-order valence-corrected chi connectivity index (χ3v) is 3.82. The Hall–Kier alpha value is -1.76. The molecule has 0 aliphatic heterocycles. The zero-order valence-electron chi connectivity index (χ0n) is 10.4. The van der Waals surface area contributed by atoms with E-state index in [0.29, 0.717) is 16.8 Å². The summed E-state index contributed by atoms with van der Waals surface area (Å²) in [5.74, 6) is 1.87. The fourth-order valence-electron chi connectivity index (χ4n) is 1.73. The Morgan fingerprint density at radius 3 is 3.21 bits per heavy atom. The summed E-state index contributed by atoms with van der Waals surface area (Å²) in [6.45, 7) is 0. The van der Waals surface area contributed by atoms with Crippen molar-refractivity contribution >= 4 is 17.7 Å². The van der Waals surface area contributed by atoms with Gasteiger partial charge in [-0.15, -0.1) is 5.10 Å². The van der Waals surface area contributed by atoms with E-state index in [1.54, 1.807) is 6.07 Å². The monoisotopic (exact) mass is 279 g/mol. The molecule has 6 nitrogen and oxygen atoms in total. The van der Waals surface area contributed by atoms with Gasteiger partial charge in [-0.2, -0.15) is 0 Å². The molecular weight excluding hydrogens is 266 g/mol. The molecule has 1 saturated carbocycles. The average Bonchev–Trinajstić information content (AvgIpc) is 3.00. The van der Waals surface area contributed by atoms with Gasteiger partial charge in [0.05, 0.1) is 13.4 Å². The molecule has 1 fully saturated rings. The number of hydrogen-bond donors (Lipinski definition) is 1. The number of hydrogen-bond acceptors (Lipinski definition) is 6. The number of esters is 1. The van der Waals surface area contributed by atoms with Gasteiger partial charge in [0.2, 0.25) is 10.9 Å². The summed E-state index contributed by atoms with van der Waals surface area (Å²) in [6, 6.07) is 1.76. The molecule has 0 radical (unpaired) electrons. The van der Waals surface area contributed by atoms with Crippen molar-refractivity contribution in [3.8, 4) is 0 Å². The van der Waals surface area contributed by atoms with Crippen LogP contribution in [0.1, 0.15) is 40.7 Å². The molecule has 7 heteroatoms. The van der Waals surface area contributed by atoms with Crippen LogP contribution >= 0.6 is 11.8 Å². The first-order valence-electron chi connectivity index (χ1n) is 5.97. The van der Waals surface area contributed by atoms with Crippen LogP contribution in [0.4, 0.5) is 0 Å². The molecule has 2 aromatic rings. The van der Waals surface area contributed by atoms with Crippen LogP contribution < -0.4 is 0 Å². The molecule has 100 valence electrons. The molecule has 0 aromatic carbocycles. The lowest BCUT2D eigenvalue weighted by Gasteiger charge is -1.98. The van der Waals surface area contributed by atoms with E-state index in [1.807, 2.05) is 0 Å². The second-order valence-electron chi connectivity index (χ2n) is 4.33. The molecule has 0 spiro atoms. The Morgan fingerprint density at radius 1 is 1.63 bits per heavy atom. The van der Waals surface area contributed by atoms with E-state index in [2.05, 4.69) is 19.9 Å². The normalized spacial score (nSPS) is 14.6. The summed E-state index contributed by atoms with van der Waals surface area (Å²) in [4.78, 5) is 15.9. The van der Waals surface area contributed by atoms with Crippen LogP contribution in [0.3, 0.4) is 0 Å². The molecular formula is C12H13N3O3S. The number of rotatable bonds is 5. The van der Waals surface area contributed by atoms with E-state index in [4.69, 9.17) is 4.42 Å². The predicted molar refractivity (Wildman–Crippen MR) is 68.0 cm³/mol. The molecule has 1 aliphatic rings. The topological polar surface area (TPSA) is 81.0 Å². The lowest BCUT2D eigenvalue weighted by Crippen LogP contribution is -2.02. The third kappa shape index (κ3) is 2.65. The highest BCUT2D eigenvalue weighted by molar-refractivity contribution is 7.98. The van der Waals surface area contributed by atoms with Crippen LogP contribution in [0.5, 0.6) is 0 Å². The predicted octanol–water partition coefficient (Wildman–Crippen LogP) is 2.35. The van der Waals surface area contributed by atoms with E-state index in [9.17, 15) is 4.79 Å². The largest absolute Gasteiger partial charge is 0.463 e. The first kappa shape index (κ1) is 12.3. The number of aromatic amines is 1. The van der Waals surface area contributed by atoms with Gasteiger partial charge in [0.25, 0.3) is 0 Å². The van der Waals surface area contributed by atoms with Crippen molar-refractivity contribution < 1.29 is 13.9 Å². The second kappa shape index (κ2) is 5.08. The second-order valence-corrected chi connectivity index (χ2v) is 5.28. The van der Waals surface area contributed by atoms with Crippen LogP contribution in [-0.2, 0) is 10.5 Å². The fraction of sp³-hybridized carbons (Fsp3) is 0.417. The maximum Gasteiger partial charge on any atom is 0.374 e. The van der Waals surface area contributed by atoms with Gasteiger partial charge < -0.3 is 9.15 Å². The molecule has 2 aromatic heterocycles. The van der Waals surface area contributed by atoms with Crippen LogP contribution in [-0.4, -0.2) is 28.3 Å². The maximum atomic E-state index is 11.4. The number of methoxy groups -OCH3 is 1. The molecule has 0 saturated heterocycles. The zero-order valence-corrected chi connectivity index (χ0v) is 11.2.